The number of phenolic OH excluding ortho intramolecular Hbond substituents is 1. The van der Waals surface area contributed by atoms with Crippen molar-refractivity contribution >= 4 is 35.6 Å². The van der Waals surface area contributed by atoms with Crippen LogP contribution in [0.2, 0.25) is 0 Å². The summed E-state index contributed by atoms with van der Waals surface area (Å²) in [6.07, 6.45) is 0.529. The van der Waals surface area contributed by atoms with Gasteiger partial charge in [-0.05, 0) is 56.2 Å². The van der Waals surface area contributed by atoms with Gasteiger partial charge in [0.1, 0.15) is 23.9 Å². The maximum absolute atomic E-state index is 13.9. The molecule has 0 saturated carbocycles. The second kappa shape index (κ2) is 17.9. The molecule has 1 fully saturated rings. The van der Waals surface area contributed by atoms with Crippen LogP contribution in [-0.4, -0.2) is 105 Å². The summed E-state index contributed by atoms with van der Waals surface area (Å²) in [5, 5.41) is 36.6. The molecule has 12 N–H and O–H groups in total. The Morgan fingerprint density at radius 3 is 2.24 bits per heavy atom. The standard InChI is InChI=1S/C30H48N8O8/c1-4-16(2)23(28(44)38-14-6-8-22(38)27(43)37-24(17(3)39)29(45)46)36-26(42)21(15-18-9-11-19(40)12-10-18)35-25(41)20(31)7-5-13-34-30(32)33/h9-12,16-17,20-24,39-40H,4-8,13-15,31H2,1-3H3,(H,35,41)(H,36,42)(H,37,43)(H,45,46)(H4,32,33,34)/t16-,17+,20-,21-,22-,23-,24-/m0/s1. The number of hydrogen-bond donors (Lipinski definition) is 9. The van der Waals surface area contributed by atoms with Crippen molar-refractivity contribution in [1.29, 1.82) is 0 Å². The molecule has 16 heteroatoms. The number of carboxylic acid groups (broad SMARTS) is 1. The molecule has 1 aliphatic rings. The van der Waals surface area contributed by atoms with Crippen molar-refractivity contribution in [2.75, 3.05) is 13.1 Å². The number of aliphatic hydroxyl groups is 1. The largest absolute Gasteiger partial charge is 0.508 e. The van der Waals surface area contributed by atoms with E-state index in [0.717, 1.165) is 0 Å². The summed E-state index contributed by atoms with van der Waals surface area (Å²) in [7, 11) is 0. The maximum Gasteiger partial charge on any atom is 0.328 e. The fraction of sp³-hybridized carbons (Fsp3) is 0.600. The van der Waals surface area contributed by atoms with Crippen molar-refractivity contribution in [3.63, 3.8) is 0 Å². The Balaban J connectivity index is 2.27. The number of amides is 4. The number of nitrogens with two attached hydrogens (primary N) is 3. The first-order valence-electron chi connectivity index (χ1n) is 15.4. The third kappa shape index (κ3) is 11.2. The third-order valence-electron chi connectivity index (χ3n) is 7.98. The SMILES string of the molecule is CC[C@H](C)[C@H](NC(=O)[C@H](Cc1ccc(O)cc1)NC(=O)[C@@H](N)CCCN=C(N)N)C(=O)N1CCC[C@H]1C(=O)N[C@H](C(=O)O)[C@@H](C)O. The van der Waals surface area contributed by atoms with Crippen LogP contribution in [0.3, 0.4) is 0 Å². The van der Waals surface area contributed by atoms with Crippen LogP contribution in [0.1, 0.15) is 58.4 Å². The van der Waals surface area contributed by atoms with Crippen molar-refractivity contribution in [2.24, 2.45) is 28.1 Å². The number of carboxylic acids is 1. The average Bonchev–Trinajstić information content (AvgIpc) is 3.50. The minimum Gasteiger partial charge on any atom is -0.508 e. The molecule has 1 aromatic rings. The van der Waals surface area contributed by atoms with Gasteiger partial charge in [-0.1, -0.05) is 32.4 Å². The molecule has 46 heavy (non-hydrogen) atoms. The van der Waals surface area contributed by atoms with Crippen LogP contribution in [0, 0.1) is 5.92 Å². The predicted molar refractivity (Wildman–Crippen MR) is 169 cm³/mol. The van der Waals surface area contributed by atoms with Crippen LogP contribution in [-0.2, 0) is 30.4 Å². The molecule has 1 saturated heterocycles. The van der Waals surface area contributed by atoms with E-state index in [0.29, 0.717) is 24.8 Å². The number of carbonyl (C=O) groups is 5. The summed E-state index contributed by atoms with van der Waals surface area (Å²) in [6, 6.07) is 0.314. The van der Waals surface area contributed by atoms with Crippen molar-refractivity contribution in [3.05, 3.63) is 29.8 Å². The molecule has 1 aliphatic heterocycles. The Kier molecular flexibility index (Phi) is 14.7. The quantitative estimate of drug-likeness (QED) is 0.0520. The van der Waals surface area contributed by atoms with Crippen LogP contribution in [0.4, 0.5) is 0 Å². The summed E-state index contributed by atoms with van der Waals surface area (Å²) in [5.41, 5.74) is 17.3. The Hall–Kier alpha value is -4.44. The van der Waals surface area contributed by atoms with Gasteiger partial charge in [0.05, 0.1) is 12.1 Å². The number of guanidine groups is 1. The molecule has 2 rings (SSSR count). The van der Waals surface area contributed by atoms with Crippen molar-refractivity contribution in [1.82, 2.24) is 20.9 Å². The lowest BCUT2D eigenvalue weighted by Gasteiger charge is -2.33. The van der Waals surface area contributed by atoms with Gasteiger partial charge in [0.25, 0.3) is 0 Å². The number of aliphatic imine (C=N–C) groups is 1. The lowest BCUT2D eigenvalue weighted by Crippen LogP contribution is -2.60. The molecule has 1 heterocycles. The zero-order valence-electron chi connectivity index (χ0n) is 26.5. The fourth-order valence-corrected chi connectivity index (χ4v) is 5.06. The van der Waals surface area contributed by atoms with Gasteiger partial charge in [0.2, 0.25) is 23.6 Å². The second-order valence-electron chi connectivity index (χ2n) is 11.6. The monoisotopic (exact) mass is 648 g/mol. The number of benzene rings is 1. The Morgan fingerprint density at radius 2 is 1.67 bits per heavy atom. The van der Waals surface area contributed by atoms with E-state index in [4.69, 9.17) is 17.2 Å². The average molecular weight is 649 g/mol. The van der Waals surface area contributed by atoms with E-state index >= 15 is 0 Å². The van der Waals surface area contributed by atoms with E-state index < -0.39 is 65.9 Å². The molecule has 0 aliphatic carbocycles. The topological polar surface area (TPSA) is 276 Å². The number of aliphatic hydroxyl groups excluding tert-OH is 1. The first-order chi connectivity index (χ1) is 21.7. The Labute approximate surface area is 268 Å². The molecule has 0 spiro atoms. The van der Waals surface area contributed by atoms with E-state index in [1.54, 1.807) is 19.1 Å². The number of aromatic hydroxyl groups is 1. The van der Waals surface area contributed by atoms with E-state index in [2.05, 4.69) is 20.9 Å². The number of aliphatic carboxylic acids is 1. The number of carbonyl (C=O) groups excluding carboxylic acids is 4. The lowest BCUT2D eigenvalue weighted by atomic mass is 9.96. The van der Waals surface area contributed by atoms with Crippen LogP contribution < -0.4 is 33.2 Å². The molecule has 0 aromatic heterocycles. The second-order valence-corrected chi connectivity index (χ2v) is 11.6. The highest BCUT2D eigenvalue weighted by molar-refractivity contribution is 5.96. The predicted octanol–water partition coefficient (Wildman–Crippen LogP) is -1.73. The molecule has 4 amide bonds. The number of nitrogens with one attached hydrogen (secondary N) is 3. The Bertz CT molecular complexity index is 1240. The highest BCUT2D eigenvalue weighted by Gasteiger charge is 2.41. The van der Waals surface area contributed by atoms with Gasteiger partial charge in [0, 0.05) is 19.5 Å². The highest BCUT2D eigenvalue weighted by atomic mass is 16.4. The van der Waals surface area contributed by atoms with E-state index in [1.807, 2.05) is 6.92 Å². The van der Waals surface area contributed by atoms with Gasteiger partial charge in [-0.25, -0.2) is 4.79 Å². The molecule has 7 atom stereocenters. The van der Waals surface area contributed by atoms with Crippen molar-refractivity contribution in [3.8, 4) is 5.75 Å². The number of rotatable bonds is 17. The van der Waals surface area contributed by atoms with Gasteiger partial charge >= 0.3 is 5.97 Å². The normalized spacial score (nSPS) is 18.3. The lowest BCUT2D eigenvalue weighted by molar-refractivity contribution is -0.147. The van der Waals surface area contributed by atoms with Crippen molar-refractivity contribution < 1.29 is 39.3 Å². The number of likely N-dealkylation sites (tertiary alicyclic amines) is 1. The van der Waals surface area contributed by atoms with Crippen LogP contribution >= 0.6 is 0 Å². The molecular weight excluding hydrogens is 600 g/mol. The molecule has 16 nitrogen and oxygen atoms in total. The molecule has 256 valence electrons. The Morgan fingerprint density at radius 1 is 1.02 bits per heavy atom. The van der Waals surface area contributed by atoms with Gasteiger partial charge < -0.3 is 53.4 Å². The van der Waals surface area contributed by atoms with E-state index in [-0.39, 0.29) is 50.0 Å². The summed E-state index contributed by atoms with van der Waals surface area (Å²) in [5.74, 6) is -4.38. The van der Waals surface area contributed by atoms with Gasteiger partial charge in [-0.3, -0.25) is 24.2 Å². The zero-order valence-corrected chi connectivity index (χ0v) is 26.5. The maximum atomic E-state index is 13.9. The van der Waals surface area contributed by atoms with Crippen LogP contribution in [0.25, 0.3) is 0 Å². The fourth-order valence-electron chi connectivity index (χ4n) is 5.06. The van der Waals surface area contributed by atoms with Gasteiger partial charge in [-0.15, -0.1) is 0 Å². The molecule has 0 unspecified atom stereocenters. The zero-order chi connectivity index (χ0) is 34.6. The van der Waals surface area contributed by atoms with Gasteiger partial charge in [-0.2, -0.15) is 0 Å². The summed E-state index contributed by atoms with van der Waals surface area (Å²) in [4.78, 5) is 70.4. The minimum absolute atomic E-state index is 0.0185. The molecule has 0 bridgehead atoms. The van der Waals surface area contributed by atoms with E-state index in [9.17, 15) is 39.3 Å². The van der Waals surface area contributed by atoms with Crippen LogP contribution in [0.5, 0.6) is 5.75 Å². The van der Waals surface area contributed by atoms with Gasteiger partial charge in [0.15, 0.2) is 12.0 Å². The number of hydrogen-bond acceptors (Lipinski definition) is 9. The number of nitrogens with zero attached hydrogens (tertiary/aromatic N) is 2. The summed E-state index contributed by atoms with van der Waals surface area (Å²) in [6.45, 7) is 5.31. The highest BCUT2D eigenvalue weighted by Crippen LogP contribution is 2.22. The molecular formula is C30H48N8O8. The number of phenols is 1. The first kappa shape index (κ1) is 37.7. The third-order valence-corrected chi connectivity index (χ3v) is 7.98. The van der Waals surface area contributed by atoms with Crippen LogP contribution in [0.15, 0.2) is 29.3 Å². The minimum atomic E-state index is -1.56. The van der Waals surface area contributed by atoms with E-state index in [1.165, 1.54) is 24.0 Å². The smallest absolute Gasteiger partial charge is 0.328 e. The first-order valence-corrected chi connectivity index (χ1v) is 15.4. The molecule has 0 radical (unpaired) electrons. The summed E-state index contributed by atoms with van der Waals surface area (Å²) >= 11 is 0. The van der Waals surface area contributed by atoms with Crippen molar-refractivity contribution in [2.45, 2.75) is 95.6 Å². The summed E-state index contributed by atoms with van der Waals surface area (Å²) < 4.78 is 0. The molecule has 1 aromatic carbocycles.